The summed E-state index contributed by atoms with van der Waals surface area (Å²) in [5, 5.41) is 14.5. The van der Waals surface area contributed by atoms with Crippen LogP contribution in [-0.4, -0.2) is 51.9 Å². The molecule has 11 heteroatoms. The summed E-state index contributed by atoms with van der Waals surface area (Å²) in [6.45, 7) is 0.505. The lowest BCUT2D eigenvalue weighted by atomic mass is 9.90. The van der Waals surface area contributed by atoms with Gasteiger partial charge in [0.15, 0.2) is 0 Å². The first-order chi connectivity index (χ1) is 15.7. The van der Waals surface area contributed by atoms with Crippen molar-refractivity contribution < 1.29 is 18.0 Å². The van der Waals surface area contributed by atoms with Crippen LogP contribution in [0.1, 0.15) is 24.4 Å². The molecule has 2 aromatic carbocycles. The van der Waals surface area contributed by atoms with Gasteiger partial charge in [0.25, 0.3) is 0 Å². The van der Waals surface area contributed by atoms with Crippen LogP contribution < -0.4 is 15.1 Å². The van der Waals surface area contributed by atoms with Gasteiger partial charge in [0.05, 0.1) is 24.5 Å². The monoisotopic (exact) mass is 457 g/mol. The van der Waals surface area contributed by atoms with Crippen molar-refractivity contribution in [3.8, 4) is 11.4 Å². The Hall–Kier alpha value is -3.63. The zero-order valence-electron chi connectivity index (χ0n) is 18.0. The molecule has 172 valence electrons. The van der Waals surface area contributed by atoms with Gasteiger partial charge in [-0.15, -0.1) is 10.2 Å². The normalized spacial score (nSPS) is 19.9. The lowest BCUT2D eigenvalue weighted by Crippen LogP contribution is -2.49. The molecular formula is C22H22F3N7O. The molecule has 0 bridgehead atoms. The van der Waals surface area contributed by atoms with E-state index >= 15 is 0 Å². The Balaban J connectivity index is 1.55. The summed E-state index contributed by atoms with van der Waals surface area (Å²) in [5.41, 5.74) is 4.68. The number of amides is 1. The second kappa shape index (κ2) is 7.75. The third-order valence-electron chi connectivity index (χ3n) is 6.26. The van der Waals surface area contributed by atoms with E-state index in [1.54, 1.807) is 7.05 Å². The summed E-state index contributed by atoms with van der Waals surface area (Å²) in [6.07, 6.45) is -4.10. The second-order valence-corrected chi connectivity index (χ2v) is 8.33. The summed E-state index contributed by atoms with van der Waals surface area (Å²) in [5.74, 6) is -1.38. The maximum Gasteiger partial charge on any atom is 0.471 e. The molecule has 1 saturated heterocycles. The molecule has 2 aliphatic heterocycles. The fourth-order valence-electron chi connectivity index (χ4n) is 4.73. The molecule has 0 unspecified atom stereocenters. The SMILES string of the molecule is CN1c2ccccc2[C@H]2C[C@H](NC(=O)C(F)(F)F)CCN2c2ccc(-c3nnn(C)n3)cc21. The quantitative estimate of drug-likeness (QED) is 0.636. The number of carbonyl (C=O) groups is 1. The van der Waals surface area contributed by atoms with E-state index in [0.29, 0.717) is 25.2 Å². The maximum absolute atomic E-state index is 12.8. The Morgan fingerprint density at radius 2 is 1.88 bits per heavy atom. The van der Waals surface area contributed by atoms with Gasteiger partial charge in [0, 0.05) is 30.9 Å². The highest BCUT2D eigenvalue weighted by Crippen LogP contribution is 2.48. The summed E-state index contributed by atoms with van der Waals surface area (Å²) < 4.78 is 38.5. The highest BCUT2D eigenvalue weighted by atomic mass is 19.4. The molecule has 2 aliphatic rings. The molecule has 2 atom stereocenters. The van der Waals surface area contributed by atoms with Gasteiger partial charge in [0.2, 0.25) is 5.82 Å². The molecular weight excluding hydrogens is 435 g/mol. The molecule has 1 amide bonds. The third kappa shape index (κ3) is 3.77. The van der Waals surface area contributed by atoms with E-state index in [0.717, 1.165) is 28.2 Å². The number of piperidine rings is 1. The number of aromatic nitrogens is 4. The number of nitrogens with zero attached hydrogens (tertiary/aromatic N) is 6. The van der Waals surface area contributed by atoms with E-state index in [9.17, 15) is 18.0 Å². The molecule has 8 nitrogen and oxygen atoms in total. The van der Waals surface area contributed by atoms with Crippen molar-refractivity contribution in [1.82, 2.24) is 25.5 Å². The average molecular weight is 457 g/mol. The third-order valence-corrected chi connectivity index (χ3v) is 6.26. The summed E-state index contributed by atoms with van der Waals surface area (Å²) in [4.78, 5) is 17.2. The van der Waals surface area contributed by atoms with Gasteiger partial charge in [-0.25, -0.2) is 0 Å². The van der Waals surface area contributed by atoms with E-state index < -0.39 is 18.1 Å². The number of benzene rings is 2. The summed E-state index contributed by atoms with van der Waals surface area (Å²) in [7, 11) is 3.67. The van der Waals surface area contributed by atoms with E-state index in [1.807, 2.05) is 49.5 Å². The number of tetrazole rings is 1. The molecule has 0 radical (unpaired) electrons. The minimum absolute atomic E-state index is 0.183. The Morgan fingerprint density at radius 3 is 2.61 bits per heavy atom. The van der Waals surface area contributed by atoms with Gasteiger partial charge >= 0.3 is 12.1 Å². The highest BCUT2D eigenvalue weighted by molar-refractivity contribution is 5.85. The van der Waals surface area contributed by atoms with Crippen LogP contribution in [0.5, 0.6) is 0 Å². The maximum atomic E-state index is 12.8. The number of hydrogen-bond donors (Lipinski definition) is 1. The molecule has 5 rings (SSSR count). The van der Waals surface area contributed by atoms with Crippen molar-refractivity contribution in [2.75, 3.05) is 23.4 Å². The number of aryl methyl sites for hydroxylation is 1. The Bertz CT molecular complexity index is 1210. The van der Waals surface area contributed by atoms with Crippen molar-refractivity contribution in [3.63, 3.8) is 0 Å². The largest absolute Gasteiger partial charge is 0.471 e. The van der Waals surface area contributed by atoms with E-state index in [4.69, 9.17) is 0 Å². The summed E-state index contributed by atoms with van der Waals surface area (Å²) in [6, 6.07) is 13.0. The lowest BCUT2D eigenvalue weighted by molar-refractivity contribution is -0.174. The second-order valence-electron chi connectivity index (χ2n) is 8.33. The lowest BCUT2D eigenvalue weighted by Gasteiger charge is -2.41. The molecule has 0 saturated carbocycles. The first-order valence-corrected chi connectivity index (χ1v) is 10.6. The van der Waals surface area contributed by atoms with Gasteiger partial charge in [-0.05, 0) is 47.9 Å². The standard InChI is InChI=1S/C22H22F3N7O/c1-30-16-6-4-3-5-15(16)18-12-14(26-21(33)22(23,24)25)9-10-32(18)17-8-7-13(11-19(17)30)20-27-29-31(2)28-20/h3-8,11,14,18H,9-10,12H2,1-2H3,(H,26,33)/t14-,18-/m1/s1. The average Bonchev–Trinajstić information content (AvgIpc) is 3.20. The molecule has 1 aromatic heterocycles. The van der Waals surface area contributed by atoms with Crippen molar-refractivity contribution in [3.05, 3.63) is 48.0 Å². The minimum atomic E-state index is -4.89. The number of alkyl halides is 3. The number of carbonyl (C=O) groups excluding carboxylic acids is 1. The van der Waals surface area contributed by atoms with Crippen LogP contribution in [0, 0.1) is 0 Å². The van der Waals surface area contributed by atoms with Crippen molar-refractivity contribution >= 4 is 23.0 Å². The predicted molar refractivity (Wildman–Crippen MR) is 116 cm³/mol. The molecule has 33 heavy (non-hydrogen) atoms. The Kier molecular flexibility index (Phi) is 4.98. The van der Waals surface area contributed by atoms with Crippen LogP contribution in [0.4, 0.5) is 30.2 Å². The molecule has 0 aliphatic carbocycles. The smallest absolute Gasteiger partial charge is 0.363 e. The molecule has 1 N–H and O–H groups in total. The number of para-hydroxylation sites is 1. The molecule has 3 heterocycles. The number of rotatable bonds is 2. The first-order valence-electron chi connectivity index (χ1n) is 10.6. The van der Waals surface area contributed by atoms with Gasteiger partial charge in [-0.3, -0.25) is 4.79 Å². The van der Waals surface area contributed by atoms with Crippen LogP contribution >= 0.6 is 0 Å². The van der Waals surface area contributed by atoms with Crippen LogP contribution in [0.3, 0.4) is 0 Å². The zero-order valence-corrected chi connectivity index (χ0v) is 18.0. The number of nitrogens with one attached hydrogen (secondary N) is 1. The van der Waals surface area contributed by atoms with Crippen LogP contribution in [0.2, 0.25) is 0 Å². The Morgan fingerprint density at radius 1 is 1.09 bits per heavy atom. The van der Waals surface area contributed by atoms with Crippen LogP contribution in [0.25, 0.3) is 11.4 Å². The van der Waals surface area contributed by atoms with Gasteiger partial charge < -0.3 is 15.1 Å². The van der Waals surface area contributed by atoms with E-state index in [2.05, 4.69) is 30.5 Å². The fraction of sp³-hybridized carbons (Fsp3) is 0.364. The van der Waals surface area contributed by atoms with Crippen LogP contribution in [-0.2, 0) is 11.8 Å². The van der Waals surface area contributed by atoms with Crippen molar-refractivity contribution in [2.24, 2.45) is 7.05 Å². The highest BCUT2D eigenvalue weighted by Gasteiger charge is 2.42. The molecule has 0 spiro atoms. The number of anilines is 3. The number of fused-ring (bicyclic) bond motifs is 5. The first kappa shape index (κ1) is 21.2. The minimum Gasteiger partial charge on any atom is -0.363 e. The van der Waals surface area contributed by atoms with Crippen molar-refractivity contribution in [1.29, 1.82) is 0 Å². The van der Waals surface area contributed by atoms with Gasteiger partial charge in [0.1, 0.15) is 0 Å². The fourth-order valence-corrected chi connectivity index (χ4v) is 4.73. The zero-order chi connectivity index (χ0) is 23.3. The topological polar surface area (TPSA) is 79.2 Å². The predicted octanol–water partition coefficient (Wildman–Crippen LogP) is 3.35. The van der Waals surface area contributed by atoms with Crippen molar-refractivity contribution in [2.45, 2.75) is 31.1 Å². The van der Waals surface area contributed by atoms with E-state index in [1.165, 1.54) is 4.80 Å². The summed E-state index contributed by atoms with van der Waals surface area (Å²) >= 11 is 0. The Labute approximate surface area is 188 Å². The van der Waals surface area contributed by atoms with Gasteiger partial charge in [-0.1, -0.05) is 18.2 Å². The number of halogens is 3. The molecule has 3 aromatic rings. The molecule has 1 fully saturated rings. The van der Waals surface area contributed by atoms with Gasteiger partial charge in [-0.2, -0.15) is 18.0 Å². The van der Waals surface area contributed by atoms with Crippen LogP contribution in [0.15, 0.2) is 42.5 Å². The number of hydrogen-bond acceptors (Lipinski definition) is 6. The van der Waals surface area contributed by atoms with E-state index in [-0.39, 0.29) is 6.04 Å².